The van der Waals surface area contributed by atoms with Crippen LogP contribution in [-0.2, 0) is 19.1 Å². The summed E-state index contributed by atoms with van der Waals surface area (Å²) in [6, 6.07) is 4.17. The molecule has 1 aliphatic heterocycles. The second-order valence-electron chi connectivity index (χ2n) is 11.1. The number of alkyl halides is 3. The second-order valence-corrected chi connectivity index (χ2v) is 11.1. The Bertz CT molecular complexity index is 1270. The van der Waals surface area contributed by atoms with Gasteiger partial charge in [0.1, 0.15) is 0 Å². The molecule has 2 N–H and O–H groups in total. The Labute approximate surface area is 230 Å². The number of fused-ring (bicyclic) bond motifs is 3. The van der Waals surface area contributed by atoms with Crippen molar-refractivity contribution >= 4 is 21.8 Å². The minimum absolute atomic E-state index is 0.103. The third kappa shape index (κ3) is 7.46. The van der Waals surface area contributed by atoms with Gasteiger partial charge in [-0.05, 0) is 95.9 Å². The molecule has 4 rings (SSSR count). The van der Waals surface area contributed by atoms with Crippen LogP contribution in [0.4, 0.5) is 13.2 Å². The van der Waals surface area contributed by atoms with Crippen molar-refractivity contribution in [1.29, 1.82) is 0 Å². The van der Waals surface area contributed by atoms with E-state index in [1.807, 2.05) is 13.0 Å². The van der Waals surface area contributed by atoms with Crippen molar-refractivity contribution < 1.29 is 13.2 Å². The summed E-state index contributed by atoms with van der Waals surface area (Å²) >= 11 is 0. The maximum Gasteiger partial charge on any atom is 0.417 e. The first-order valence-corrected chi connectivity index (χ1v) is 15.0. The van der Waals surface area contributed by atoms with Gasteiger partial charge in [-0.2, -0.15) is 13.2 Å². The summed E-state index contributed by atoms with van der Waals surface area (Å²) in [4.78, 5) is 17.1. The minimum Gasteiger partial charge on any atom is -0.344 e. The second kappa shape index (κ2) is 13.8. The van der Waals surface area contributed by atoms with Crippen molar-refractivity contribution in [3.8, 4) is 0 Å². The summed E-state index contributed by atoms with van der Waals surface area (Å²) < 4.78 is 43.9. The van der Waals surface area contributed by atoms with Gasteiger partial charge in [0, 0.05) is 40.1 Å². The highest BCUT2D eigenvalue weighted by atomic mass is 19.4. The lowest BCUT2D eigenvalue weighted by Gasteiger charge is -2.14. The Kier molecular flexibility index (Phi) is 10.5. The summed E-state index contributed by atoms with van der Waals surface area (Å²) in [6.07, 6.45) is 8.42. The van der Waals surface area contributed by atoms with Gasteiger partial charge in [0.15, 0.2) is 0 Å². The third-order valence-corrected chi connectivity index (χ3v) is 8.31. The predicted molar refractivity (Wildman–Crippen MR) is 155 cm³/mol. The zero-order valence-electron chi connectivity index (χ0n) is 23.7. The molecule has 0 spiro atoms. The first-order valence-electron chi connectivity index (χ1n) is 15.0. The molecule has 0 amide bonds. The van der Waals surface area contributed by atoms with Crippen LogP contribution in [0.3, 0.4) is 0 Å². The molecule has 8 heteroatoms. The van der Waals surface area contributed by atoms with E-state index in [9.17, 15) is 18.0 Å². The van der Waals surface area contributed by atoms with E-state index in [2.05, 4.69) is 26.7 Å². The third-order valence-electron chi connectivity index (χ3n) is 8.31. The Morgan fingerprint density at radius 2 is 1.56 bits per heavy atom. The normalized spacial score (nSPS) is 14.8. The molecule has 1 fully saturated rings. The Balaban J connectivity index is 1.24. The highest BCUT2D eigenvalue weighted by Crippen LogP contribution is 2.39. The fourth-order valence-electron chi connectivity index (χ4n) is 6.34. The lowest BCUT2D eigenvalue weighted by atomic mass is 10.0. The van der Waals surface area contributed by atoms with E-state index in [4.69, 9.17) is 0 Å². The van der Waals surface area contributed by atoms with Crippen LogP contribution >= 0.6 is 0 Å². The number of aromatic nitrogens is 2. The molecule has 1 aromatic carbocycles. The van der Waals surface area contributed by atoms with Gasteiger partial charge in [0.2, 0.25) is 5.56 Å². The smallest absolute Gasteiger partial charge is 0.344 e. The molecule has 0 unspecified atom stereocenters. The monoisotopic (exact) mass is 546 g/mol. The highest BCUT2D eigenvalue weighted by Gasteiger charge is 2.34. The Hall–Kier alpha value is -2.32. The highest BCUT2D eigenvalue weighted by molar-refractivity contribution is 6.09. The number of H-pyrrole nitrogens is 1. The number of likely N-dealkylation sites (tertiary alicyclic amines) is 1. The Morgan fingerprint density at radius 3 is 2.26 bits per heavy atom. The fourth-order valence-corrected chi connectivity index (χ4v) is 6.34. The van der Waals surface area contributed by atoms with E-state index in [0.29, 0.717) is 11.5 Å². The van der Waals surface area contributed by atoms with E-state index in [0.717, 1.165) is 55.7 Å². The van der Waals surface area contributed by atoms with Crippen LogP contribution in [0.5, 0.6) is 0 Å². The van der Waals surface area contributed by atoms with E-state index in [1.54, 1.807) is 6.07 Å². The maximum atomic E-state index is 13.9. The average Bonchev–Trinajstić information content (AvgIpc) is 3.51. The summed E-state index contributed by atoms with van der Waals surface area (Å²) in [7, 11) is 0. The van der Waals surface area contributed by atoms with Crippen molar-refractivity contribution in [1.82, 2.24) is 19.8 Å². The number of rotatable bonds is 15. The number of halogens is 3. The molecule has 0 atom stereocenters. The van der Waals surface area contributed by atoms with Gasteiger partial charge in [0.05, 0.1) is 5.56 Å². The average molecular weight is 547 g/mol. The number of aryl methyl sites for hydroxylation is 2. The van der Waals surface area contributed by atoms with Crippen LogP contribution in [0.1, 0.15) is 88.0 Å². The van der Waals surface area contributed by atoms with Gasteiger partial charge >= 0.3 is 6.18 Å². The predicted octanol–water partition coefficient (Wildman–Crippen LogP) is 7.18. The molecule has 39 heavy (non-hydrogen) atoms. The number of nitrogens with one attached hydrogen (secondary N) is 2. The van der Waals surface area contributed by atoms with Gasteiger partial charge in [-0.25, -0.2) is 0 Å². The standard InChI is InChI=1S/C31H45F3N4O/c1-3-26-23(2)29-27(15-14-25-30(29)24(31(32,33)34)22-28(39)36-25)38(26)21-10-8-6-4-5-7-9-16-35-17-13-20-37-18-11-12-19-37/h14-15,22,35H,3-13,16-21H2,1-2H3,(H,36,39). The topological polar surface area (TPSA) is 53.1 Å². The number of aromatic amines is 1. The fraction of sp³-hybridized carbons (Fsp3) is 0.645. The van der Waals surface area contributed by atoms with Crippen molar-refractivity contribution in [2.24, 2.45) is 0 Å². The SMILES string of the molecule is CCc1c(C)c2c3c(C(F)(F)F)cc(=O)[nH]c3ccc2n1CCCCCCCCCNCCCN1CCCC1. The quantitative estimate of drug-likeness (QED) is 0.199. The van der Waals surface area contributed by atoms with Crippen molar-refractivity contribution in [3.63, 3.8) is 0 Å². The van der Waals surface area contributed by atoms with Gasteiger partial charge < -0.3 is 19.8 Å². The van der Waals surface area contributed by atoms with E-state index in [-0.39, 0.29) is 10.9 Å². The molecule has 3 aromatic rings. The lowest BCUT2D eigenvalue weighted by Crippen LogP contribution is -2.25. The van der Waals surface area contributed by atoms with Gasteiger partial charge in [-0.3, -0.25) is 4.79 Å². The number of benzene rings is 1. The van der Waals surface area contributed by atoms with Crippen molar-refractivity contribution in [2.45, 2.75) is 97.2 Å². The number of nitrogens with zero attached hydrogens (tertiary/aromatic N) is 2. The lowest BCUT2D eigenvalue weighted by molar-refractivity contribution is -0.136. The molecular formula is C31H45F3N4O. The number of pyridine rings is 1. The first-order chi connectivity index (χ1) is 18.8. The molecule has 1 aliphatic rings. The largest absolute Gasteiger partial charge is 0.417 e. The van der Waals surface area contributed by atoms with Gasteiger partial charge in [-0.1, -0.05) is 39.0 Å². The molecule has 3 heterocycles. The summed E-state index contributed by atoms with van der Waals surface area (Å²) in [5.74, 6) is 0. The number of hydrogen-bond donors (Lipinski definition) is 2. The number of unbranched alkanes of at least 4 members (excludes halogenated alkanes) is 6. The zero-order chi connectivity index (χ0) is 27.8. The van der Waals surface area contributed by atoms with Crippen molar-refractivity contribution in [3.05, 3.63) is 45.4 Å². The van der Waals surface area contributed by atoms with Crippen LogP contribution in [0.25, 0.3) is 21.8 Å². The molecule has 0 saturated carbocycles. The summed E-state index contributed by atoms with van der Waals surface area (Å²) in [5, 5.41) is 4.29. The molecule has 216 valence electrons. The molecular weight excluding hydrogens is 501 g/mol. The molecule has 2 aromatic heterocycles. The molecule has 5 nitrogen and oxygen atoms in total. The van der Waals surface area contributed by atoms with Crippen LogP contribution in [0.15, 0.2) is 23.0 Å². The number of hydrogen-bond acceptors (Lipinski definition) is 3. The maximum absolute atomic E-state index is 13.9. The van der Waals surface area contributed by atoms with Crippen LogP contribution < -0.4 is 10.9 Å². The van der Waals surface area contributed by atoms with Gasteiger partial charge in [0.25, 0.3) is 0 Å². The van der Waals surface area contributed by atoms with Crippen LogP contribution in [-0.4, -0.2) is 47.2 Å². The summed E-state index contributed by atoms with van der Waals surface area (Å²) in [5.41, 5.74) is 1.42. The molecule has 0 aliphatic carbocycles. The minimum atomic E-state index is -4.59. The van der Waals surface area contributed by atoms with E-state index >= 15 is 0 Å². The summed E-state index contributed by atoms with van der Waals surface area (Å²) in [6.45, 7) is 10.8. The molecule has 0 radical (unpaired) electrons. The van der Waals surface area contributed by atoms with Crippen LogP contribution in [0.2, 0.25) is 0 Å². The van der Waals surface area contributed by atoms with Crippen LogP contribution in [0, 0.1) is 6.92 Å². The van der Waals surface area contributed by atoms with Crippen molar-refractivity contribution in [2.75, 3.05) is 32.7 Å². The molecule has 0 bridgehead atoms. The van der Waals surface area contributed by atoms with E-state index in [1.165, 1.54) is 71.0 Å². The Morgan fingerprint density at radius 1 is 0.897 bits per heavy atom. The zero-order valence-corrected chi connectivity index (χ0v) is 23.7. The molecule has 1 saturated heterocycles. The first kappa shape index (κ1) is 29.7. The van der Waals surface area contributed by atoms with Gasteiger partial charge in [-0.15, -0.1) is 0 Å². The van der Waals surface area contributed by atoms with E-state index < -0.39 is 17.3 Å².